The third kappa shape index (κ3) is 2.98. The van der Waals surface area contributed by atoms with Gasteiger partial charge >= 0.3 is 0 Å². The lowest BCUT2D eigenvalue weighted by molar-refractivity contribution is 0.782. The summed E-state index contributed by atoms with van der Waals surface area (Å²) in [5.41, 5.74) is 8.10. The van der Waals surface area contributed by atoms with Crippen LogP contribution in [0.25, 0.3) is 0 Å². The van der Waals surface area contributed by atoms with Crippen molar-refractivity contribution in [2.45, 2.75) is 33.2 Å². The summed E-state index contributed by atoms with van der Waals surface area (Å²) in [6.07, 6.45) is 0.978. The smallest absolute Gasteiger partial charge is 0.134 e. The van der Waals surface area contributed by atoms with Gasteiger partial charge in [0, 0.05) is 11.6 Å². The maximum Gasteiger partial charge on any atom is 0.134 e. The molecule has 0 bridgehead atoms. The van der Waals surface area contributed by atoms with E-state index in [1.54, 1.807) is 11.3 Å². The van der Waals surface area contributed by atoms with Crippen LogP contribution in [0.3, 0.4) is 0 Å². The van der Waals surface area contributed by atoms with E-state index in [4.69, 9.17) is 5.73 Å². The van der Waals surface area contributed by atoms with Gasteiger partial charge < -0.3 is 11.1 Å². The molecule has 0 aliphatic carbocycles. The Bertz CT molecular complexity index is 522. The number of nitrogen functional groups attached to an aromatic ring is 1. The van der Waals surface area contributed by atoms with E-state index in [9.17, 15) is 0 Å². The monoisotopic (exact) mass is 262 g/mol. The normalized spacial score (nSPS) is 12.4. The van der Waals surface area contributed by atoms with Crippen LogP contribution < -0.4 is 11.1 Å². The van der Waals surface area contributed by atoms with Gasteiger partial charge in [-0.3, -0.25) is 0 Å². The number of nitrogens with one attached hydrogen (secondary N) is 1. The first-order valence-corrected chi connectivity index (χ1v) is 6.89. The van der Waals surface area contributed by atoms with Crippen LogP contribution in [0, 0.1) is 13.8 Å². The van der Waals surface area contributed by atoms with Crippen LogP contribution in [0.5, 0.6) is 0 Å². The Morgan fingerprint density at radius 2 is 2.17 bits per heavy atom. The largest absolute Gasteiger partial charge is 0.383 e. The zero-order chi connectivity index (χ0) is 13.1. The van der Waals surface area contributed by atoms with Crippen LogP contribution in [0.2, 0.25) is 0 Å². The molecule has 0 radical (unpaired) electrons. The highest BCUT2D eigenvalue weighted by Gasteiger charge is 2.10. The van der Waals surface area contributed by atoms with E-state index in [0.717, 1.165) is 17.8 Å². The Kier molecular flexibility index (Phi) is 3.81. The molecule has 2 aromatic heterocycles. The van der Waals surface area contributed by atoms with Gasteiger partial charge in [-0.25, -0.2) is 9.97 Å². The molecule has 18 heavy (non-hydrogen) atoms. The van der Waals surface area contributed by atoms with Gasteiger partial charge in [-0.15, -0.1) is 0 Å². The third-order valence-electron chi connectivity index (χ3n) is 2.80. The maximum atomic E-state index is 5.84. The van der Waals surface area contributed by atoms with Crippen molar-refractivity contribution in [3.05, 3.63) is 33.8 Å². The lowest BCUT2D eigenvalue weighted by Gasteiger charge is -2.16. The van der Waals surface area contributed by atoms with Crippen LogP contribution in [-0.2, 0) is 6.42 Å². The van der Waals surface area contributed by atoms with E-state index in [0.29, 0.717) is 17.7 Å². The molecule has 0 saturated carbocycles. The van der Waals surface area contributed by atoms with Crippen LogP contribution >= 0.6 is 11.3 Å². The number of nitrogens with zero attached hydrogens (tertiary/aromatic N) is 2. The minimum absolute atomic E-state index is 0.312. The molecule has 2 aromatic rings. The average molecular weight is 262 g/mol. The topological polar surface area (TPSA) is 63.8 Å². The number of rotatable bonds is 4. The molecule has 0 saturated heterocycles. The Labute approximate surface area is 111 Å². The van der Waals surface area contributed by atoms with E-state index >= 15 is 0 Å². The fourth-order valence-corrected chi connectivity index (χ4v) is 2.52. The SMILES string of the molecule is Cc1nc(N)c(C)c(NC(C)Cc2ccsc2)n1. The Morgan fingerprint density at radius 3 is 2.83 bits per heavy atom. The summed E-state index contributed by atoms with van der Waals surface area (Å²) >= 11 is 1.72. The summed E-state index contributed by atoms with van der Waals surface area (Å²) in [5.74, 6) is 2.08. The van der Waals surface area contributed by atoms with Crippen molar-refractivity contribution in [3.8, 4) is 0 Å². The van der Waals surface area contributed by atoms with Gasteiger partial charge in [-0.2, -0.15) is 11.3 Å². The van der Waals surface area contributed by atoms with E-state index < -0.39 is 0 Å². The van der Waals surface area contributed by atoms with Crippen molar-refractivity contribution < 1.29 is 0 Å². The van der Waals surface area contributed by atoms with Gasteiger partial charge in [-0.05, 0) is 49.6 Å². The standard InChI is InChI=1S/C13H18N4S/c1-8(6-11-4-5-18-7-11)15-13-9(2)12(14)16-10(3)17-13/h4-5,7-8H,6H2,1-3H3,(H3,14,15,16,17). The van der Waals surface area contributed by atoms with Gasteiger partial charge in [0.2, 0.25) is 0 Å². The molecule has 3 N–H and O–H groups in total. The van der Waals surface area contributed by atoms with Crippen molar-refractivity contribution >= 4 is 23.0 Å². The molecular weight excluding hydrogens is 244 g/mol. The summed E-state index contributed by atoms with van der Waals surface area (Å²) in [5, 5.41) is 7.67. The molecule has 0 aliphatic heterocycles. The highest BCUT2D eigenvalue weighted by Crippen LogP contribution is 2.19. The summed E-state index contributed by atoms with van der Waals surface area (Å²) in [6, 6.07) is 2.46. The molecule has 2 heterocycles. The predicted molar refractivity (Wildman–Crippen MR) is 77.0 cm³/mol. The van der Waals surface area contributed by atoms with Gasteiger partial charge in [-0.1, -0.05) is 0 Å². The predicted octanol–water partition coefficient (Wildman–Crippen LogP) is 2.78. The molecule has 1 unspecified atom stereocenters. The number of aryl methyl sites for hydroxylation is 1. The van der Waals surface area contributed by atoms with Crippen molar-refractivity contribution in [1.29, 1.82) is 0 Å². The highest BCUT2D eigenvalue weighted by atomic mass is 32.1. The molecule has 5 heteroatoms. The molecule has 96 valence electrons. The van der Waals surface area contributed by atoms with Crippen molar-refractivity contribution in [1.82, 2.24) is 9.97 Å². The van der Waals surface area contributed by atoms with Crippen molar-refractivity contribution in [2.75, 3.05) is 11.1 Å². The van der Waals surface area contributed by atoms with Crippen LogP contribution in [0.4, 0.5) is 11.6 Å². The number of nitrogens with two attached hydrogens (primary N) is 1. The van der Waals surface area contributed by atoms with Gasteiger partial charge in [0.1, 0.15) is 17.5 Å². The first-order chi connectivity index (χ1) is 8.56. The number of thiophene rings is 1. The molecule has 0 aliphatic rings. The fraction of sp³-hybridized carbons (Fsp3) is 0.385. The second kappa shape index (κ2) is 5.35. The molecule has 0 fully saturated rings. The molecule has 0 spiro atoms. The second-order valence-electron chi connectivity index (χ2n) is 4.51. The average Bonchev–Trinajstić information content (AvgIpc) is 2.77. The summed E-state index contributed by atoms with van der Waals surface area (Å²) < 4.78 is 0. The number of hydrogen-bond donors (Lipinski definition) is 2. The lowest BCUT2D eigenvalue weighted by Crippen LogP contribution is -2.20. The van der Waals surface area contributed by atoms with E-state index in [1.807, 2.05) is 13.8 Å². The highest BCUT2D eigenvalue weighted by molar-refractivity contribution is 7.07. The quantitative estimate of drug-likeness (QED) is 0.889. The zero-order valence-electron chi connectivity index (χ0n) is 10.9. The van der Waals surface area contributed by atoms with Crippen LogP contribution in [-0.4, -0.2) is 16.0 Å². The molecule has 0 aromatic carbocycles. The fourth-order valence-electron chi connectivity index (χ4n) is 1.84. The number of aromatic nitrogens is 2. The van der Waals surface area contributed by atoms with Crippen molar-refractivity contribution in [3.63, 3.8) is 0 Å². The molecule has 4 nitrogen and oxygen atoms in total. The Morgan fingerprint density at radius 1 is 1.39 bits per heavy atom. The number of hydrogen-bond acceptors (Lipinski definition) is 5. The summed E-state index contributed by atoms with van der Waals surface area (Å²) in [4.78, 5) is 8.55. The van der Waals surface area contributed by atoms with Crippen molar-refractivity contribution in [2.24, 2.45) is 0 Å². The first-order valence-electron chi connectivity index (χ1n) is 5.94. The third-order valence-corrected chi connectivity index (χ3v) is 3.53. The minimum atomic E-state index is 0.312. The second-order valence-corrected chi connectivity index (χ2v) is 5.29. The van der Waals surface area contributed by atoms with Gasteiger partial charge in [0.15, 0.2) is 0 Å². The minimum Gasteiger partial charge on any atom is -0.383 e. The van der Waals surface area contributed by atoms with Gasteiger partial charge in [0.25, 0.3) is 0 Å². The molecule has 1 atom stereocenters. The molecular formula is C13H18N4S. The van der Waals surface area contributed by atoms with E-state index in [2.05, 4.69) is 39.0 Å². The van der Waals surface area contributed by atoms with E-state index in [-0.39, 0.29) is 0 Å². The zero-order valence-corrected chi connectivity index (χ0v) is 11.7. The lowest BCUT2D eigenvalue weighted by atomic mass is 10.1. The number of anilines is 2. The van der Waals surface area contributed by atoms with E-state index in [1.165, 1.54) is 5.56 Å². The molecule has 0 amide bonds. The summed E-state index contributed by atoms with van der Waals surface area (Å²) in [6.45, 7) is 5.93. The maximum absolute atomic E-state index is 5.84. The van der Waals surface area contributed by atoms with Gasteiger partial charge in [0.05, 0.1) is 0 Å². The Hall–Kier alpha value is -1.62. The van der Waals surface area contributed by atoms with Crippen LogP contribution in [0.1, 0.15) is 23.9 Å². The first kappa shape index (κ1) is 12.8. The Balaban J connectivity index is 2.09. The molecule has 2 rings (SSSR count). The van der Waals surface area contributed by atoms with Crippen LogP contribution in [0.15, 0.2) is 16.8 Å². The summed E-state index contributed by atoms with van der Waals surface area (Å²) in [7, 11) is 0.